The number of fused-ring (bicyclic) bond motifs is 1. The molecule has 3 aromatic rings. The first-order valence-electron chi connectivity index (χ1n) is 8.59. The van der Waals surface area contributed by atoms with Crippen molar-refractivity contribution in [1.29, 1.82) is 0 Å². The van der Waals surface area contributed by atoms with Crippen LogP contribution < -0.4 is 5.43 Å². The first-order chi connectivity index (χ1) is 13.3. The lowest BCUT2D eigenvalue weighted by Crippen LogP contribution is -2.40. The summed E-state index contributed by atoms with van der Waals surface area (Å²) in [6, 6.07) is 8.98. The van der Waals surface area contributed by atoms with Crippen LogP contribution in [0.1, 0.15) is 22.7 Å². The summed E-state index contributed by atoms with van der Waals surface area (Å²) in [5.74, 6) is -0.260. The van der Waals surface area contributed by atoms with Gasteiger partial charge < -0.3 is 13.7 Å². The molecule has 0 unspecified atom stereocenters. The van der Waals surface area contributed by atoms with Gasteiger partial charge in [-0.25, -0.2) is 8.42 Å². The molecule has 1 aliphatic rings. The van der Waals surface area contributed by atoms with E-state index < -0.39 is 21.8 Å². The predicted octanol–water partition coefficient (Wildman–Crippen LogP) is 2.98. The molecule has 0 spiro atoms. The lowest BCUT2D eigenvalue weighted by atomic mass is 10.1. The second-order valence-electron chi connectivity index (χ2n) is 6.68. The maximum absolute atomic E-state index is 13.2. The molecule has 146 valence electrons. The number of carbonyl (C=O) groups is 1. The maximum atomic E-state index is 13.2. The molecule has 28 heavy (non-hydrogen) atoms. The number of hydrogen-bond donors (Lipinski definition) is 0. The molecule has 1 fully saturated rings. The molecule has 0 saturated carbocycles. The van der Waals surface area contributed by atoms with Crippen molar-refractivity contribution >= 4 is 42.6 Å². The quantitative estimate of drug-likeness (QED) is 0.587. The first-order valence-corrected chi connectivity index (χ1v) is 11.2. The molecule has 0 N–H and O–H groups in total. The summed E-state index contributed by atoms with van der Waals surface area (Å²) in [5.41, 5.74) is -0.0590. The van der Waals surface area contributed by atoms with E-state index in [1.54, 1.807) is 30.3 Å². The molecule has 1 aromatic carbocycles. The highest BCUT2D eigenvalue weighted by Gasteiger charge is 2.36. The number of carbonyl (C=O) groups excluding carboxylic acids is 1. The van der Waals surface area contributed by atoms with E-state index in [2.05, 4.69) is 15.9 Å². The van der Waals surface area contributed by atoms with Crippen LogP contribution >= 0.6 is 15.9 Å². The van der Waals surface area contributed by atoms with Gasteiger partial charge in [0.15, 0.2) is 21.0 Å². The van der Waals surface area contributed by atoms with Crippen LogP contribution in [-0.4, -0.2) is 36.8 Å². The molecule has 0 radical (unpaired) electrons. The van der Waals surface area contributed by atoms with Crippen molar-refractivity contribution in [3.8, 4) is 0 Å². The average Bonchev–Trinajstić information content (AvgIpc) is 3.27. The van der Waals surface area contributed by atoms with E-state index in [1.165, 1.54) is 11.2 Å². The smallest absolute Gasteiger partial charge is 0.290 e. The van der Waals surface area contributed by atoms with Crippen LogP contribution in [0, 0.1) is 0 Å². The number of rotatable bonds is 4. The van der Waals surface area contributed by atoms with Crippen molar-refractivity contribution in [3.05, 3.63) is 68.9 Å². The molecule has 2 aromatic heterocycles. The summed E-state index contributed by atoms with van der Waals surface area (Å²) >= 11 is 3.32. The summed E-state index contributed by atoms with van der Waals surface area (Å²) in [6.45, 7) is 0.0895. The Morgan fingerprint density at radius 1 is 1.25 bits per heavy atom. The van der Waals surface area contributed by atoms with Gasteiger partial charge in [0.25, 0.3) is 5.91 Å². The topological polar surface area (TPSA) is 97.8 Å². The molecule has 1 saturated heterocycles. The third-order valence-electron chi connectivity index (χ3n) is 4.72. The lowest BCUT2D eigenvalue weighted by molar-refractivity contribution is 0.0634. The Hall–Kier alpha value is -2.39. The predicted molar refractivity (Wildman–Crippen MR) is 106 cm³/mol. The number of hydrogen-bond acceptors (Lipinski definition) is 6. The molecular weight excluding hydrogens is 450 g/mol. The number of nitrogens with zero attached hydrogens (tertiary/aromatic N) is 1. The fourth-order valence-electron chi connectivity index (χ4n) is 3.33. The van der Waals surface area contributed by atoms with E-state index >= 15 is 0 Å². The molecule has 0 bridgehead atoms. The van der Waals surface area contributed by atoms with Crippen LogP contribution in [0.25, 0.3) is 11.0 Å². The van der Waals surface area contributed by atoms with Crippen LogP contribution in [0.5, 0.6) is 0 Å². The van der Waals surface area contributed by atoms with Gasteiger partial charge in [-0.05, 0) is 36.8 Å². The monoisotopic (exact) mass is 465 g/mol. The number of furan rings is 1. The van der Waals surface area contributed by atoms with Crippen LogP contribution in [-0.2, 0) is 16.4 Å². The SMILES string of the molecule is O=C(c1cc(=O)c2ccc(Br)cc2o1)N(Cc1ccco1)[C@@H]1CCS(=O)(=O)C1. The maximum Gasteiger partial charge on any atom is 0.290 e. The Morgan fingerprint density at radius 3 is 2.75 bits per heavy atom. The molecule has 7 nitrogen and oxygen atoms in total. The van der Waals surface area contributed by atoms with E-state index in [4.69, 9.17) is 8.83 Å². The van der Waals surface area contributed by atoms with E-state index in [9.17, 15) is 18.0 Å². The molecule has 9 heteroatoms. The van der Waals surface area contributed by atoms with Crippen LogP contribution in [0.15, 0.2) is 60.8 Å². The van der Waals surface area contributed by atoms with Gasteiger partial charge in [0.1, 0.15) is 11.3 Å². The Labute approximate surface area is 169 Å². The summed E-state index contributed by atoms with van der Waals surface area (Å²) in [7, 11) is -3.21. The van der Waals surface area contributed by atoms with Crippen molar-refractivity contribution in [2.45, 2.75) is 19.0 Å². The minimum atomic E-state index is -3.21. The molecule has 1 aliphatic heterocycles. The van der Waals surface area contributed by atoms with E-state index in [-0.39, 0.29) is 34.8 Å². The summed E-state index contributed by atoms with van der Waals surface area (Å²) in [6.07, 6.45) is 1.81. The Balaban J connectivity index is 1.74. The van der Waals surface area contributed by atoms with Crippen LogP contribution in [0.3, 0.4) is 0 Å². The zero-order valence-electron chi connectivity index (χ0n) is 14.6. The highest BCUT2D eigenvalue weighted by molar-refractivity contribution is 9.10. The van der Waals surface area contributed by atoms with Crippen molar-refractivity contribution in [3.63, 3.8) is 0 Å². The first kappa shape index (κ1) is 18.9. The van der Waals surface area contributed by atoms with E-state index in [0.717, 1.165) is 6.07 Å². The third kappa shape index (κ3) is 3.77. The molecular formula is C19H16BrNO6S. The zero-order chi connectivity index (χ0) is 19.9. The second-order valence-corrected chi connectivity index (χ2v) is 9.83. The average molecular weight is 466 g/mol. The molecule has 1 amide bonds. The zero-order valence-corrected chi connectivity index (χ0v) is 17.0. The minimum Gasteiger partial charge on any atom is -0.467 e. The normalized spacial score (nSPS) is 18.4. The van der Waals surface area contributed by atoms with Gasteiger partial charge in [-0.2, -0.15) is 0 Å². The molecule has 0 aliphatic carbocycles. The third-order valence-corrected chi connectivity index (χ3v) is 6.96. The fraction of sp³-hybridized carbons (Fsp3) is 0.263. The number of halogens is 1. The number of benzene rings is 1. The van der Waals surface area contributed by atoms with Crippen molar-refractivity contribution < 1.29 is 22.0 Å². The molecule has 1 atom stereocenters. The van der Waals surface area contributed by atoms with Gasteiger partial charge >= 0.3 is 0 Å². The van der Waals surface area contributed by atoms with E-state index in [1.807, 2.05) is 0 Å². The standard InChI is InChI=1S/C19H16BrNO6S/c20-12-3-4-15-16(22)9-18(27-17(15)8-12)19(23)21(10-14-2-1-6-26-14)13-5-7-28(24,25)11-13/h1-4,6,8-9,13H,5,7,10-11H2/t13-/m1/s1. The van der Waals surface area contributed by atoms with Gasteiger partial charge in [0.05, 0.1) is 29.7 Å². The number of amides is 1. The van der Waals surface area contributed by atoms with Crippen molar-refractivity contribution in [2.75, 3.05) is 11.5 Å². The summed E-state index contributed by atoms with van der Waals surface area (Å²) < 4.78 is 35.6. The van der Waals surface area contributed by atoms with Gasteiger partial charge in [-0.3, -0.25) is 9.59 Å². The summed E-state index contributed by atoms with van der Waals surface area (Å²) in [4.78, 5) is 27.0. The van der Waals surface area contributed by atoms with Crippen molar-refractivity contribution in [1.82, 2.24) is 4.90 Å². The van der Waals surface area contributed by atoms with Gasteiger partial charge in [-0.15, -0.1) is 0 Å². The van der Waals surface area contributed by atoms with Crippen LogP contribution in [0.2, 0.25) is 0 Å². The van der Waals surface area contributed by atoms with Gasteiger partial charge in [0.2, 0.25) is 0 Å². The molecule has 4 rings (SSSR count). The highest BCUT2D eigenvalue weighted by Crippen LogP contribution is 2.24. The second kappa shape index (κ2) is 7.21. The summed E-state index contributed by atoms with van der Waals surface area (Å²) in [5, 5.41) is 0.362. The van der Waals surface area contributed by atoms with Gasteiger partial charge in [-0.1, -0.05) is 15.9 Å². The van der Waals surface area contributed by atoms with Crippen molar-refractivity contribution in [2.24, 2.45) is 0 Å². The van der Waals surface area contributed by atoms with Gasteiger partial charge in [0, 0.05) is 16.6 Å². The van der Waals surface area contributed by atoms with Crippen LogP contribution in [0.4, 0.5) is 0 Å². The largest absolute Gasteiger partial charge is 0.467 e. The minimum absolute atomic E-state index is 0.0220. The number of sulfone groups is 1. The fourth-order valence-corrected chi connectivity index (χ4v) is 5.40. The van der Waals surface area contributed by atoms with E-state index in [0.29, 0.717) is 22.0 Å². The Kier molecular flexibility index (Phi) is 4.88. The Bertz CT molecular complexity index is 1200. The lowest BCUT2D eigenvalue weighted by Gasteiger charge is -2.26. The molecule has 3 heterocycles. The Morgan fingerprint density at radius 2 is 2.07 bits per heavy atom. The highest BCUT2D eigenvalue weighted by atomic mass is 79.9.